The molecule has 106 valence electrons. The van der Waals surface area contributed by atoms with Crippen molar-refractivity contribution in [3.05, 3.63) is 0 Å². The molecule has 3 nitrogen and oxygen atoms in total. The van der Waals surface area contributed by atoms with Gasteiger partial charge in [-0.15, -0.1) is 0 Å². The summed E-state index contributed by atoms with van der Waals surface area (Å²) in [5, 5.41) is 0. The van der Waals surface area contributed by atoms with E-state index in [-0.39, 0.29) is 5.79 Å². The largest absolute Gasteiger partial charge is 0.348 e. The fourth-order valence-corrected chi connectivity index (χ4v) is 2.44. The summed E-state index contributed by atoms with van der Waals surface area (Å²) in [5.41, 5.74) is 0. The molecule has 1 saturated heterocycles. The van der Waals surface area contributed by atoms with Crippen LogP contribution in [0.4, 0.5) is 0 Å². The highest BCUT2D eigenvalue weighted by atomic mass is 16.7. The number of rotatable bonds is 11. The third-order valence-corrected chi connectivity index (χ3v) is 3.60. The molecule has 3 heteroatoms. The van der Waals surface area contributed by atoms with Crippen LogP contribution < -0.4 is 0 Å². The normalized spacial score (nSPS) is 18.1. The van der Waals surface area contributed by atoms with Crippen molar-refractivity contribution in [3.63, 3.8) is 0 Å². The molecule has 18 heavy (non-hydrogen) atoms. The van der Waals surface area contributed by atoms with E-state index >= 15 is 0 Å². The van der Waals surface area contributed by atoms with Gasteiger partial charge in [-0.2, -0.15) is 0 Å². The van der Waals surface area contributed by atoms with Crippen molar-refractivity contribution in [2.75, 3.05) is 13.2 Å². The van der Waals surface area contributed by atoms with E-state index < -0.39 is 0 Å². The molecule has 0 atom stereocenters. The standard InChI is InChI=1S/C15H28O3/c1-15(17-13-14-18-15)11-9-7-5-3-2-4-6-8-10-12-16/h12H,2-11,13-14H2,1H3. The van der Waals surface area contributed by atoms with Gasteiger partial charge >= 0.3 is 0 Å². The van der Waals surface area contributed by atoms with Gasteiger partial charge in [0.2, 0.25) is 0 Å². The molecule has 1 rings (SSSR count). The van der Waals surface area contributed by atoms with Crippen molar-refractivity contribution < 1.29 is 14.3 Å². The summed E-state index contributed by atoms with van der Waals surface area (Å²) >= 11 is 0. The zero-order chi connectivity index (χ0) is 13.1. The van der Waals surface area contributed by atoms with Crippen LogP contribution in [0.5, 0.6) is 0 Å². The van der Waals surface area contributed by atoms with Crippen LogP contribution in [0.15, 0.2) is 0 Å². The maximum atomic E-state index is 10.1. The molecule has 0 aromatic carbocycles. The monoisotopic (exact) mass is 256 g/mol. The highest BCUT2D eigenvalue weighted by molar-refractivity contribution is 5.48. The van der Waals surface area contributed by atoms with Gasteiger partial charge in [0.1, 0.15) is 6.29 Å². The Hall–Kier alpha value is -0.410. The van der Waals surface area contributed by atoms with Crippen molar-refractivity contribution in [2.45, 2.75) is 76.9 Å². The summed E-state index contributed by atoms with van der Waals surface area (Å²) < 4.78 is 11.1. The third kappa shape index (κ3) is 7.12. The molecule has 0 unspecified atom stereocenters. The minimum Gasteiger partial charge on any atom is -0.348 e. The van der Waals surface area contributed by atoms with Crippen LogP contribution in [0.2, 0.25) is 0 Å². The van der Waals surface area contributed by atoms with Crippen LogP contribution in [0.1, 0.15) is 71.1 Å². The molecule has 0 spiro atoms. The van der Waals surface area contributed by atoms with E-state index in [1.54, 1.807) is 0 Å². The first kappa shape index (κ1) is 15.6. The average Bonchev–Trinajstić information content (AvgIpc) is 2.79. The molecule has 0 aromatic rings. The zero-order valence-electron chi connectivity index (χ0n) is 11.8. The van der Waals surface area contributed by atoms with Gasteiger partial charge in [0.25, 0.3) is 0 Å². The molecule has 1 aliphatic rings. The van der Waals surface area contributed by atoms with Crippen LogP contribution in [-0.2, 0) is 14.3 Å². The van der Waals surface area contributed by atoms with Gasteiger partial charge in [-0.3, -0.25) is 0 Å². The smallest absolute Gasteiger partial charge is 0.165 e. The molecule has 0 saturated carbocycles. The van der Waals surface area contributed by atoms with E-state index in [0.29, 0.717) is 0 Å². The average molecular weight is 256 g/mol. The summed E-state index contributed by atoms with van der Waals surface area (Å²) in [7, 11) is 0. The molecule has 1 heterocycles. The Morgan fingerprint density at radius 1 is 0.889 bits per heavy atom. The Morgan fingerprint density at radius 3 is 1.94 bits per heavy atom. The number of hydrogen-bond acceptors (Lipinski definition) is 3. The molecule has 0 bridgehead atoms. The first-order chi connectivity index (χ1) is 8.77. The van der Waals surface area contributed by atoms with E-state index in [4.69, 9.17) is 9.47 Å². The maximum Gasteiger partial charge on any atom is 0.165 e. The van der Waals surface area contributed by atoms with Gasteiger partial charge in [0.05, 0.1) is 13.2 Å². The highest BCUT2D eigenvalue weighted by Crippen LogP contribution is 2.25. The van der Waals surface area contributed by atoms with Gasteiger partial charge in [0.15, 0.2) is 5.79 Å². The summed E-state index contributed by atoms with van der Waals surface area (Å²) in [5.74, 6) is -0.297. The Labute approximate surface area is 111 Å². The lowest BCUT2D eigenvalue weighted by Gasteiger charge is -2.21. The molecule has 0 aromatic heterocycles. The molecule has 1 aliphatic heterocycles. The fourth-order valence-electron chi connectivity index (χ4n) is 2.44. The molecule has 0 aliphatic carbocycles. The topological polar surface area (TPSA) is 35.5 Å². The summed E-state index contributed by atoms with van der Waals surface area (Å²) in [6, 6.07) is 0. The number of hydrogen-bond donors (Lipinski definition) is 0. The first-order valence-electron chi connectivity index (χ1n) is 7.48. The Morgan fingerprint density at radius 2 is 1.39 bits per heavy atom. The number of unbranched alkanes of at least 4 members (excludes halogenated alkanes) is 8. The number of ether oxygens (including phenoxy) is 2. The lowest BCUT2D eigenvalue weighted by Crippen LogP contribution is -2.24. The van der Waals surface area contributed by atoms with Gasteiger partial charge < -0.3 is 14.3 Å². The van der Waals surface area contributed by atoms with Crippen molar-refractivity contribution in [3.8, 4) is 0 Å². The summed E-state index contributed by atoms with van der Waals surface area (Å²) in [6.07, 6.45) is 12.7. The van der Waals surface area contributed by atoms with Gasteiger partial charge in [0, 0.05) is 12.8 Å². The molecule has 0 radical (unpaired) electrons. The number of carbonyl (C=O) groups is 1. The zero-order valence-corrected chi connectivity index (χ0v) is 11.8. The van der Waals surface area contributed by atoms with Crippen LogP contribution in [0.3, 0.4) is 0 Å². The van der Waals surface area contributed by atoms with Gasteiger partial charge in [-0.05, 0) is 19.8 Å². The van der Waals surface area contributed by atoms with Crippen LogP contribution in [-0.4, -0.2) is 25.3 Å². The van der Waals surface area contributed by atoms with E-state index in [1.807, 2.05) is 6.92 Å². The van der Waals surface area contributed by atoms with Crippen molar-refractivity contribution in [1.29, 1.82) is 0 Å². The quantitative estimate of drug-likeness (QED) is 0.416. The second-order valence-corrected chi connectivity index (χ2v) is 5.36. The molecular formula is C15H28O3. The first-order valence-corrected chi connectivity index (χ1v) is 7.48. The maximum absolute atomic E-state index is 10.1. The predicted molar refractivity (Wildman–Crippen MR) is 72.5 cm³/mol. The van der Waals surface area contributed by atoms with E-state index in [1.165, 1.54) is 44.9 Å². The Balaban J connectivity index is 1.80. The molecule has 0 amide bonds. The lowest BCUT2D eigenvalue weighted by atomic mass is 10.0. The van der Waals surface area contributed by atoms with E-state index in [9.17, 15) is 4.79 Å². The Kier molecular flexibility index (Phi) is 8.27. The van der Waals surface area contributed by atoms with Gasteiger partial charge in [-0.25, -0.2) is 0 Å². The van der Waals surface area contributed by atoms with Crippen LogP contribution in [0, 0.1) is 0 Å². The van der Waals surface area contributed by atoms with Crippen molar-refractivity contribution in [1.82, 2.24) is 0 Å². The summed E-state index contributed by atoms with van der Waals surface area (Å²) in [6.45, 7) is 3.54. The Bertz CT molecular complexity index is 210. The SMILES string of the molecule is CC1(CCCCCCCCCCC=O)OCCO1. The minimum atomic E-state index is -0.297. The third-order valence-electron chi connectivity index (χ3n) is 3.60. The summed E-state index contributed by atoms with van der Waals surface area (Å²) in [4.78, 5) is 10.1. The van der Waals surface area contributed by atoms with E-state index in [2.05, 4.69) is 0 Å². The van der Waals surface area contributed by atoms with Crippen LogP contribution >= 0.6 is 0 Å². The predicted octanol–water partition coefficient (Wildman–Crippen LogP) is 3.85. The number of carbonyl (C=O) groups excluding carboxylic acids is 1. The van der Waals surface area contributed by atoms with Crippen molar-refractivity contribution >= 4 is 6.29 Å². The van der Waals surface area contributed by atoms with Crippen molar-refractivity contribution in [2.24, 2.45) is 0 Å². The second kappa shape index (κ2) is 9.51. The highest BCUT2D eigenvalue weighted by Gasteiger charge is 2.29. The molecule has 1 fully saturated rings. The molecular weight excluding hydrogens is 228 g/mol. The van der Waals surface area contributed by atoms with E-state index in [0.717, 1.165) is 38.8 Å². The number of aldehydes is 1. The van der Waals surface area contributed by atoms with Crippen LogP contribution in [0.25, 0.3) is 0 Å². The lowest BCUT2D eigenvalue weighted by molar-refractivity contribution is -0.147. The fraction of sp³-hybridized carbons (Fsp3) is 0.933. The van der Waals surface area contributed by atoms with Gasteiger partial charge in [-0.1, -0.05) is 38.5 Å². The minimum absolute atomic E-state index is 0.297. The molecule has 0 N–H and O–H groups in total. The second-order valence-electron chi connectivity index (χ2n) is 5.36.